The molecule has 2 unspecified atom stereocenters. The van der Waals surface area contributed by atoms with Gasteiger partial charge in [-0.2, -0.15) is 0 Å². The van der Waals surface area contributed by atoms with Crippen LogP contribution in [0.15, 0.2) is 29.7 Å². The molecule has 1 aromatic rings. The molecule has 0 saturated carbocycles. The highest BCUT2D eigenvalue weighted by Gasteiger charge is 2.26. The maximum absolute atomic E-state index is 11.9. The van der Waals surface area contributed by atoms with E-state index >= 15 is 0 Å². The molecule has 5 nitrogen and oxygen atoms in total. The first-order chi connectivity index (χ1) is 9.88. The summed E-state index contributed by atoms with van der Waals surface area (Å²) in [6.45, 7) is 4.68. The number of hydrogen-bond donors (Lipinski definition) is 3. The summed E-state index contributed by atoms with van der Waals surface area (Å²) in [5, 5.41) is 16.6. The Bertz CT molecular complexity index is 537. The van der Waals surface area contributed by atoms with Crippen LogP contribution in [0.4, 0.5) is 4.79 Å². The van der Waals surface area contributed by atoms with Crippen molar-refractivity contribution in [1.29, 1.82) is 0 Å². The number of aliphatic carboxylic acids is 1. The predicted molar refractivity (Wildman–Crippen MR) is 82.6 cm³/mol. The fraction of sp³-hybridized carbons (Fsp3) is 0.467. The number of carboxylic acid groups (broad SMARTS) is 1. The highest BCUT2D eigenvalue weighted by molar-refractivity contribution is 7.10. The van der Waals surface area contributed by atoms with E-state index in [1.54, 1.807) is 23.5 Å². The second kappa shape index (κ2) is 6.30. The minimum atomic E-state index is -0.852. The van der Waals surface area contributed by atoms with E-state index in [1.165, 1.54) is 4.88 Å². The maximum Gasteiger partial charge on any atom is 0.315 e. The zero-order valence-electron chi connectivity index (χ0n) is 12.1. The van der Waals surface area contributed by atoms with Gasteiger partial charge in [-0.15, -0.1) is 11.3 Å². The Balaban J connectivity index is 1.78. The maximum atomic E-state index is 11.9. The van der Waals surface area contributed by atoms with Crippen LogP contribution in [0.1, 0.15) is 25.1 Å². The minimum absolute atomic E-state index is 0.124. The third kappa shape index (κ3) is 4.07. The van der Waals surface area contributed by atoms with Crippen LogP contribution in [0.2, 0.25) is 0 Å². The van der Waals surface area contributed by atoms with Gasteiger partial charge in [0.1, 0.15) is 0 Å². The summed E-state index contributed by atoms with van der Waals surface area (Å²) < 4.78 is 0. The first-order valence-corrected chi connectivity index (χ1v) is 7.76. The summed E-state index contributed by atoms with van der Waals surface area (Å²) in [5.41, 5.74) is -0.124. The van der Waals surface area contributed by atoms with Crippen LogP contribution < -0.4 is 10.6 Å². The van der Waals surface area contributed by atoms with Gasteiger partial charge in [-0.25, -0.2) is 4.79 Å². The molecule has 3 N–H and O–H groups in total. The predicted octanol–water partition coefficient (Wildman–Crippen LogP) is 2.35. The lowest BCUT2D eigenvalue weighted by atomic mass is 9.91. The van der Waals surface area contributed by atoms with Crippen molar-refractivity contribution in [2.24, 2.45) is 5.92 Å². The molecule has 1 aromatic heterocycles. The number of hydrogen-bond acceptors (Lipinski definition) is 3. The van der Waals surface area contributed by atoms with Gasteiger partial charge in [0.2, 0.25) is 0 Å². The van der Waals surface area contributed by atoms with Crippen LogP contribution in [-0.2, 0) is 10.2 Å². The van der Waals surface area contributed by atoms with Gasteiger partial charge in [0, 0.05) is 16.8 Å². The van der Waals surface area contributed by atoms with Crippen molar-refractivity contribution < 1.29 is 14.7 Å². The van der Waals surface area contributed by atoms with E-state index in [4.69, 9.17) is 5.11 Å². The van der Waals surface area contributed by atoms with Gasteiger partial charge in [-0.05, 0) is 17.9 Å². The summed E-state index contributed by atoms with van der Waals surface area (Å²) >= 11 is 1.67. The van der Waals surface area contributed by atoms with E-state index in [0.717, 1.165) is 0 Å². The normalized spacial score (nSPS) is 21.2. The number of carboxylic acids is 1. The Morgan fingerprint density at radius 3 is 2.76 bits per heavy atom. The number of urea groups is 1. The van der Waals surface area contributed by atoms with Gasteiger partial charge < -0.3 is 15.7 Å². The topological polar surface area (TPSA) is 78.4 Å². The summed E-state index contributed by atoms with van der Waals surface area (Å²) in [5.74, 6) is -1.35. The molecule has 6 heteroatoms. The van der Waals surface area contributed by atoms with E-state index in [9.17, 15) is 9.59 Å². The lowest BCUT2D eigenvalue weighted by molar-refractivity contribution is -0.140. The highest BCUT2D eigenvalue weighted by atomic mass is 32.1. The van der Waals surface area contributed by atoms with Crippen LogP contribution in [0.25, 0.3) is 0 Å². The van der Waals surface area contributed by atoms with E-state index in [2.05, 4.69) is 30.5 Å². The first-order valence-electron chi connectivity index (χ1n) is 6.88. The van der Waals surface area contributed by atoms with E-state index in [0.29, 0.717) is 13.0 Å². The molecule has 1 aliphatic rings. The Hall–Kier alpha value is -1.82. The molecule has 1 aliphatic carbocycles. The van der Waals surface area contributed by atoms with Gasteiger partial charge in [0.25, 0.3) is 0 Å². The van der Waals surface area contributed by atoms with Gasteiger partial charge in [-0.3, -0.25) is 4.79 Å². The molecule has 0 fully saturated rings. The van der Waals surface area contributed by atoms with Crippen molar-refractivity contribution in [3.8, 4) is 0 Å². The molecule has 0 aliphatic heterocycles. The second-order valence-electron chi connectivity index (χ2n) is 5.86. The summed E-state index contributed by atoms with van der Waals surface area (Å²) in [7, 11) is 0. The van der Waals surface area contributed by atoms with Crippen molar-refractivity contribution >= 4 is 23.3 Å². The molecule has 2 amide bonds. The lowest BCUT2D eigenvalue weighted by Gasteiger charge is -2.24. The molecule has 0 aromatic carbocycles. The Kier molecular flexibility index (Phi) is 4.67. The molecule has 0 bridgehead atoms. The average molecular weight is 308 g/mol. The zero-order chi connectivity index (χ0) is 15.5. The fourth-order valence-electron chi connectivity index (χ4n) is 2.26. The number of carbonyl (C=O) groups is 2. The number of nitrogens with one attached hydrogen (secondary N) is 2. The molecule has 0 radical (unpaired) electrons. The van der Waals surface area contributed by atoms with Gasteiger partial charge >= 0.3 is 12.0 Å². The average Bonchev–Trinajstić information content (AvgIpc) is 3.07. The van der Waals surface area contributed by atoms with Gasteiger partial charge in [-0.1, -0.05) is 32.1 Å². The van der Waals surface area contributed by atoms with Crippen molar-refractivity contribution in [1.82, 2.24) is 10.6 Å². The smallest absolute Gasteiger partial charge is 0.315 e. The van der Waals surface area contributed by atoms with E-state index in [-0.39, 0.29) is 17.5 Å². The number of thiophene rings is 1. The number of carbonyl (C=O) groups excluding carboxylic acids is 1. The van der Waals surface area contributed by atoms with Crippen molar-refractivity contribution in [3.05, 3.63) is 34.5 Å². The molecule has 1 heterocycles. The zero-order valence-corrected chi connectivity index (χ0v) is 12.9. The molecular weight excluding hydrogens is 288 g/mol. The minimum Gasteiger partial charge on any atom is -0.481 e. The van der Waals surface area contributed by atoms with Crippen molar-refractivity contribution in [2.45, 2.75) is 31.7 Å². The monoisotopic (exact) mass is 308 g/mol. The summed E-state index contributed by atoms with van der Waals surface area (Å²) in [6, 6.07) is 3.58. The molecule has 2 rings (SSSR count). The van der Waals surface area contributed by atoms with Crippen LogP contribution in [-0.4, -0.2) is 29.7 Å². The summed E-state index contributed by atoms with van der Waals surface area (Å²) in [6.07, 6.45) is 3.78. The largest absolute Gasteiger partial charge is 0.481 e. The number of rotatable bonds is 5. The van der Waals surface area contributed by atoms with E-state index in [1.807, 2.05) is 11.4 Å². The highest BCUT2D eigenvalue weighted by Crippen LogP contribution is 2.26. The van der Waals surface area contributed by atoms with Crippen LogP contribution in [0.3, 0.4) is 0 Å². The van der Waals surface area contributed by atoms with Crippen LogP contribution in [0.5, 0.6) is 0 Å². The van der Waals surface area contributed by atoms with Crippen molar-refractivity contribution in [2.75, 3.05) is 6.54 Å². The molecular formula is C15H20N2O3S. The molecule has 21 heavy (non-hydrogen) atoms. The van der Waals surface area contributed by atoms with Crippen LogP contribution in [0, 0.1) is 5.92 Å². The second-order valence-corrected chi connectivity index (χ2v) is 6.81. The Morgan fingerprint density at radius 1 is 1.43 bits per heavy atom. The third-order valence-corrected chi connectivity index (χ3v) is 4.83. The fourth-order valence-corrected chi connectivity index (χ4v) is 3.11. The van der Waals surface area contributed by atoms with E-state index < -0.39 is 11.9 Å². The van der Waals surface area contributed by atoms with Gasteiger partial charge in [0.15, 0.2) is 0 Å². The SMILES string of the molecule is CC(C)(CNC(=O)NC1C=CC(C(=O)O)C1)c1cccs1. The molecule has 114 valence electrons. The molecule has 0 saturated heterocycles. The quantitative estimate of drug-likeness (QED) is 0.731. The third-order valence-electron chi connectivity index (χ3n) is 3.60. The van der Waals surface area contributed by atoms with Crippen LogP contribution >= 0.6 is 11.3 Å². The number of amides is 2. The Labute approximate surface area is 128 Å². The van der Waals surface area contributed by atoms with Crippen molar-refractivity contribution in [3.63, 3.8) is 0 Å². The van der Waals surface area contributed by atoms with Gasteiger partial charge in [0.05, 0.1) is 12.0 Å². The first kappa shape index (κ1) is 15.6. The molecule has 0 spiro atoms. The molecule has 2 atom stereocenters. The lowest BCUT2D eigenvalue weighted by Crippen LogP contribution is -2.45. The standard InChI is InChI=1S/C15H20N2O3S/c1-15(2,12-4-3-7-21-12)9-16-14(20)17-11-6-5-10(8-11)13(18)19/h3-7,10-11H,8-9H2,1-2H3,(H,18,19)(H2,16,17,20). The Morgan fingerprint density at radius 2 is 2.19 bits per heavy atom. The summed E-state index contributed by atoms with van der Waals surface area (Å²) in [4.78, 5) is 24.0.